The van der Waals surface area contributed by atoms with Gasteiger partial charge < -0.3 is 10.4 Å². The molecule has 0 bridgehead atoms. The third-order valence-electron chi connectivity index (χ3n) is 4.23. The van der Waals surface area contributed by atoms with Crippen LogP contribution in [0.3, 0.4) is 0 Å². The Morgan fingerprint density at radius 3 is 1.82 bits per heavy atom. The molecule has 3 atom stereocenters. The zero-order chi connectivity index (χ0) is 13.9. The molecule has 0 aliphatic carbocycles. The number of aliphatic hydroxyl groups excluding tert-OH is 1. The average Bonchev–Trinajstić information content (AvgIpc) is 2.34. The number of carbonyl (C=O) groups is 2. The van der Waals surface area contributed by atoms with Crippen molar-refractivity contribution in [1.82, 2.24) is 5.32 Å². The number of rotatable bonds is 6. The van der Waals surface area contributed by atoms with Crippen LogP contribution in [0.1, 0.15) is 47.5 Å². The molecule has 0 aromatic rings. The molecule has 1 amide bonds. The van der Waals surface area contributed by atoms with Crippen LogP contribution in [0.2, 0.25) is 0 Å². The minimum Gasteiger partial charge on any atom is -0.391 e. The van der Waals surface area contributed by atoms with Crippen molar-refractivity contribution in [3.63, 3.8) is 0 Å². The van der Waals surface area contributed by atoms with Crippen molar-refractivity contribution in [3.8, 4) is 0 Å². The molecule has 0 saturated heterocycles. The first-order valence-electron chi connectivity index (χ1n) is 6.12. The first kappa shape index (κ1) is 16.1. The predicted molar refractivity (Wildman–Crippen MR) is 67.6 cm³/mol. The Labute approximate surface area is 104 Å². The van der Waals surface area contributed by atoms with Gasteiger partial charge in [-0.25, -0.2) is 0 Å². The van der Waals surface area contributed by atoms with E-state index in [2.05, 4.69) is 5.32 Å². The lowest BCUT2D eigenvalue weighted by Gasteiger charge is -2.41. The van der Waals surface area contributed by atoms with Crippen molar-refractivity contribution < 1.29 is 14.7 Å². The molecule has 0 heterocycles. The molecule has 0 fully saturated rings. The Kier molecular flexibility index (Phi) is 5.33. The van der Waals surface area contributed by atoms with Crippen LogP contribution in [-0.4, -0.2) is 29.9 Å². The first-order valence-corrected chi connectivity index (χ1v) is 6.12. The zero-order valence-electron chi connectivity index (χ0n) is 11.8. The van der Waals surface area contributed by atoms with Gasteiger partial charge in [0.25, 0.3) is 0 Å². The van der Waals surface area contributed by atoms with Crippen molar-refractivity contribution in [2.24, 2.45) is 10.8 Å². The number of carbonyl (C=O) groups excluding carboxylic acids is 2. The molecule has 2 N–H and O–H groups in total. The molecule has 100 valence electrons. The predicted octanol–water partition coefficient (Wildman–Crippen LogP) is 1.51. The summed E-state index contributed by atoms with van der Waals surface area (Å²) in [5.74, 6) is -0.315. The Morgan fingerprint density at radius 2 is 1.59 bits per heavy atom. The summed E-state index contributed by atoms with van der Waals surface area (Å²) in [7, 11) is 1.54. The molecular weight excluding hydrogens is 218 g/mol. The van der Waals surface area contributed by atoms with Crippen LogP contribution >= 0.6 is 0 Å². The topological polar surface area (TPSA) is 66.4 Å². The van der Waals surface area contributed by atoms with Crippen molar-refractivity contribution >= 4 is 11.7 Å². The monoisotopic (exact) mass is 243 g/mol. The van der Waals surface area contributed by atoms with E-state index >= 15 is 0 Å². The number of aliphatic hydroxyl groups is 1. The van der Waals surface area contributed by atoms with E-state index in [4.69, 9.17) is 0 Å². The quantitative estimate of drug-likeness (QED) is 0.743. The van der Waals surface area contributed by atoms with E-state index in [9.17, 15) is 14.7 Å². The fraction of sp³-hybridized carbons (Fsp3) is 0.846. The maximum atomic E-state index is 11.9. The molecule has 0 aromatic carbocycles. The lowest BCUT2D eigenvalue weighted by atomic mass is 9.65. The van der Waals surface area contributed by atoms with E-state index in [0.717, 1.165) is 0 Å². The second-order valence-electron chi connectivity index (χ2n) is 5.08. The van der Waals surface area contributed by atoms with Gasteiger partial charge in [-0.3, -0.25) is 9.59 Å². The lowest BCUT2D eigenvalue weighted by molar-refractivity contribution is -0.151. The van der Waals surface area contributed by atoms with E-state index in [-0.39, 0.29) is 11.7 Å². The third-order valence-corrected chi connectivity index (χ3v) is 4.23. The highest BCUT2D eigenvalue weighted by Gasteiger charge is 2.49. The molecule has 0 rings (SSSR count). The molecule has 0 radical (unpaired) electrons. The van der Waals surface area contributed by atoms with Crippen LogP contribution in [0.4, 0.5) is 0 Å². The number of hydrogen-bond donors (Lipinski definition) is 2. The van der Waals surface area contributed by atoms with Crippen LogP contribution in [0, 0.1) is 10.8 Å². The molecule has 0 aliphatic heterocycles. The second-order valence-corrected chi connectivity index (χ2v) is 5.08. The van der Waals surface area contributed by atoms with Gasteiger partial charge in [0.2, 0.25) is 5.91 Å². The Morgan fingerprint density at radius 1 is 1.18 bits per heavy atom. The highest BCUT2D eigenvalue weighted by Crippen LogP contribution is 2.40. The highest BCUT2D eigenvalue weighted by molar-refractivity contribution is 5.87. The highest BCUT2D eigenvalue weighted by atomic mass is 16.3. The second kappa shape index (κ2) is 5.63. The van der Waals surface area contributed by atoms with Crippen LogP contribution in [-0.2, 0) is 9.59 Å². The van der Waals surface area contributed by atoms with Crippen LogP contribution < -0.4 is 5.32 Å². The summed E-state index contributed by atoms with van der Waals surface area (Å²) < 4.78 is 0. The smallest absolute Gasteiger partial charge is 0.228 e. The van der Waals surface area contributed by atoms with E-state index in [0.29, 0.717) is 12.8 Å². The maximum absolute atomic E-state index is 11.9. The Balaban J connectivity index is 5.43. The van der Waals surface area contributed by atoms with Gasteiger partial charge in [-0.1, -0.05) is 20.8 Å². The molecule has 3 unspecified atom stereocenters. The van der Waals surface area contributed by atoms with E-state index in [1.54, 1.807) is 20.9 Å². The van der Waals surface area contributed by atoms with Gasteiger partial charge in [0.05, 0.1) is 16.9 Å². The molecular formula is C13H25NO3. The number of ketones is 1. The van der Waals surface area contributed by atoms with E-state index in [1.165, 1.54) is 6.92 Å². The molecule has 17 heavy (non-hydrogen) atoms. The number of nitrogens with one attached hydrogen (secondary N) is 1. The third kappa shape index (κ3) is 2.68. The summed E-state index contributed by atoms with van der Waals surface area (Å²) in [6.45, 7) is 8.58. The van der Waals surface area contributed by atoms with Crippen molar-refractivity contribution in [1.29, 1.82) is 0 Å². The Bertz CT molecular complexity index is 303. The zero-order valence-corrected chi connectivity index (χ0v) is 11.8. The fourth-order valence-electron chi connectivity index (χ4n) is 2.10. The van der Waals surface area contributed by atoms with E-state index in [1.807, 2.05) is 13.8 Å². The molecule has 4 nitrogen and oxygen atoms in total. The van der Waals surface area contributed by atoms with E-state index < -0.39 is 16.9 Å². The normalized spacial score (nSPS) is 19.9. The summed E-state index contributed by atoms with van der Waals surface area (Å²) in [5.41, 5.74) is -1.82. The van der Waals surface area contributed by atoms with Crippen molar-refractivity contribution in [3.05, 3.63) is 0 Å². The number of hydrogen-bond acceptors (Lipinski definition) is 3. The molecule has 0 aliphatic rings. The standard InChI is InChI=1S/C13H25NO3/c1-7-12(4,9(3)15)10(16)13(5,8-2)11(17)14-6/h10,16H,7-8H2,1-6H3,(H,14,17). The van der Waals surface area contributed by atoms with Gasteiger partial charge in [-0.05, 0) is 26.7 Å². The summed E-state index contributed by atoms with van der Waals surface area (Å²) in [4.78, 5) is 23.6. The average molecular weight is 243 g/mol. The number of Topliss-reactive ketones (excluding diaryl/α,β-unsaturated/α-hetero) is 1. The van der Waals surface area contributed by atoms with Crippen LogP contribution in [0.5, 0.6) is 0 Å². The molecule has 0 aromatic heterocycles. The van der Waals surface area contributed by atoms with Gasteiger partial charge in [-0.2, -0.15) is 0 Å². The summed E-state index contributed by atoms with van der Waals surface area (Å²) >= 11 is 0. The summed E-state index contributed by atoms with van der Waals surface area (Å²) in [5, 5.41) is 13.0. The van der Waals surface area contributed by atoms with Gasteiger partial charge in [-0.15, -0.1) is 0 Å². The Hall–Kier alpha value is -0.900. The molecule has 0 spiro atoms. The van der Waals surface area contributed by atoms with Crippen molar-refractivity contribution in [2.75, 3.05) is 7.05 Å². The van der Waals surface area contributed by atoms with Gasteiger partial charge in [0.1, 0.15) is 5.78 Å². The van der Waals surface area contributed by atoms with Gasteiger partial charge in [0, 0.05) is 7.05 Å². The summed E-state index contributed by atoms with van der Waals surface area (Å²) in [6, 6.07) is 0. The van der Waals surface area contributed by atoms with Crippen LogP contribution in [0.25, 0.3) is 0 Å². The SMILES string of the molecule is CCC(C)(C(C)=O)C(O)C(C)(CC)C(=O)NC. The molecule has 4 heteroatoms. The van der Waals surface area contributed by atoms with Crippen molar-refractivity contribution in [2.45, 2.75) is 53.6 Å². The van der Waals surface area contributed by atoms with Crippen LogP contribution in [0.15, 0.2) is 0 Å². The lowest BCUT2D eigenvalue weighted by Crippen LogP contribution is -2.54. The maximum Gasteiger partial charge on any atom is 0.228 e. The fourth-order valence-corrected chi connectivity index (χ4v) is 2.10. The minimum atomic E-state index is -0.984. The summed E-state index contributed by atoms with van der Waals surface area (Å²) in [6.07, 6.45) is 0.00901. The largest absolute Gasteiger partial charge is 0.391 e. The van der Waals surface area contributed by atoms with Gasteiger partial charge >= 0.3 is 0 Å². The first-order chi connectivity index (χ1) is 7.70. The number of amides is 1. The van der Waals surface area contributed by atoms with Gasteiger partial charge in [0.15, 0.2) is 0 Å². The minimum absolute atomic E-state index is 0.0870. The molecule has 0 saturated carbocycles.